The fourth-order valence-electron chi connectivity index (χ4n) is 4.11. The Labute approximate surface area is 168 Å². The Morgan fingerprint density at radius 2 is 2.00 bits per heavy atom. The number of benzene rings is 1. The lowest BCUT2D eigenvalue weighted by atomic mass is 10.0. The summed E-state index contributed by atoms with van der Waals surface area (Å²) in [5.41, 5.74) is 0.0834. The van der Waals surface area contributed by atoms with E-state index in [-0.39, 0.29) is 43.4 Å². The highest BCUT2D eigenvalue weighted by Gasteiger charge is 2.38. The smallest absolute Gasteiger partial charge is 0.328 e. The number of carbonyl (C=O) groups is 3. The van der Waals surface area contributed by atoms with Crippen molar-refractivity contribution in [2.75, 3.05) is 13.2 Å². The van der Waals surface area contributed by atoms with Gasteiger partial charge in [0.2, 0.25) is 11.8 Å². The molecule has 2 atom stereocenters. The number of piperidine rings is 1. The van der Waals surface area contributed by atoms with Crippen molar-refractivity contribution in [3.63, 3.8) is 0 Å². The Morgan fingerprint density at radius 1 is 1.21 bits per heavy atom. The zero-order chi connectivity index (χ0) is 21.0. The summed E-state index contributed by atoms with van der Waals surface area (Å²) in [4.78, 5) is 40.5. The lowest BCUT2D eigenvalue weighted by Gasteiger charge is -2.35. The van der Waals surface area contributed by atoms with Crippen LogP contribution < -0.4 is 0 Å². The van der Waals surface area contributed by atoms with Gasteiger partial charge in [0.15, 0.2) is 11.6 Å². The normalized spacial score (nSPS) is 22.1. The maximum Gasteiger partial charge on any atom is 0.328 e. The summed E-state index contributed by atoms with van der Waals surface area (Å²) in [7, 11) is 0. The van der Waals surface area contributed by atoms with Crippen molar-refractivity contribution < 1.29 is 27.9 Å². The Bertz CT molecular complexity index is 786. The zero-order valence-corrected chi connectivity index (χ0v) is 16.5. The molecule has 1 aromatic rings. The highest BCUT2D eigenvalue weighted by atomic mass is 19.2. The standard InChI is InChI=1S/C21H26F2N2O4/c1-2-29-21(28)17-8-3-4-11-24(17)19(27)12-15-9-10-18(26)25(15)13-14-6-5-7-16(22)20(14)23/h5-7,15,17H,2-4,8-13H2,1H3/t15-,17?/m1/s1. The van der Waals surface area contributed by atoms with E-state index in [1.807, 2.05) is 0 Å². The maximum atomic E-state index is 14.0. The second kappa shape index (κ2) is 9.33. The van der Waals surface area contributed by atoms with Crippen LogP contribution in [0.15, 0.2) is 18.2 Å². The van der Waals surface area contributed by atoms with Crippen LogP contribution in [0.25, 0.3) is 0 Å². The molecular formula is C21H26F2N2O4. The summed E-state index contributed by atoms with van der Waals surface area (Å²) in [5, 5.41) is 0. The van der Waals surface area contributed by atoms with Crippen molar-refractivity contribution in [1.29, 1.82) is 0 Å². The molecule has 1 unspecified atom stereocenters. The first kappa shape index (κ1) is 21.2. The monoisotopic (exact) mass is 408 g/mol. The molecule has 8 heteroatoms. The van der Waals surface area contributed by atoms with Gasteiger partial charge >= 0.3 is 5.97 Å². The molecule has 0 spiro atoms. The molecule has 2 saturated heterocycles. The summed E-state index contributed by atoms with van der Waals surface area (Å²) in [6, 6.07) is 2.86. The average molecular weight is 408 g/mol. The molecule has 2 amide bonds. The predicted octanol–water partition coefficient (Wildman–Crippen LogP) is 2.79. The van der Waals surface area contributed by atoms with Gasteiger partial charge in [-0.15, -0.1) is 0 Å². The van der Waals surface area contributed by atoms with Crippen LogP contribution in [0.2, 0.25) is 0 Å². The number of nitrogens with zero attached hydrogens (tertiary/aromatic N) is 2. The van der Waals surface area contributed by atoms with Crippen molar-refractivity contribution in [1.82, 2.24) is 9.80 Å². The lowest BCUT2D eigenvalue weighted by molar-refractivity contribution is -0.157. The summed E-state index contributed by atoms with van der Waals surface area (Å²) in [6.07, 6.45) is 3.00. The first-order valence-electron chi connectivity index (χ1n) is 10.1. The van der Waals surface area contributed by atoms with Crippen LogP contribution in [0.1, 0.15) is 51.0 Å². The average Bonchev–Trinajstić information content (AvgIpc) is 3.05. The number of amides is 2. The van der Waals surface area contributed by atoms with Gasteiger partial charge in [-0.25, -0.2) is 13.6 Å². The third kappa shape index (κ3) is 4.74. The minimum Gasteiger partial charge on any atom is -0.464 e. The topological polar surface area (TPSA) is 66.9 Å². The number of rotatable bonds is 6. The molecule has 0 saturated carbocycles. The van der Waals surface area contributed by atoms with Gasteiger partial charge in [0.1, 0.15) is 6.04 Å². The van der Waals surface area contributed by atoms with Gasteiger partial charge in [0, 0.05) is 37.5 Å². The highest BCUT2D eigenvalue weighted by Crippen LogP contribution is 2.27. The largest absolute Gasteiger partial charge is 0.464 e. The summed E-state index contributed by atoms with van der Waals surface area (Å²) in [6.45, 7) is 2.37. The number of hydrogen-bond acceptors (Lipinski definition) is 4. The number of hydrogen-bond donors (Lipinski definition) is 0. The molecule has 2 heterocycles. The molecule has 158 valence electrons. The number of carbonyl (C=O) groups excluding carboxylic acids is 3. The van der Waals surface area contributed by atoms with E-state index in [0.717, 1.165) is 18.9 Å². The molecule has 6 nitrogen and oxygen atoms in total. The van der Waals surface area contributed by atoms with Crippen molar-refractivity contribution in [2.45, 2.75) is 64.1 Å². The Kier molecular flexibility index (Phi) is 6.82. The summed E-state index contributed by atoms with van der Waals surface area (Å²) in [5.74, 6) is -2.75. The van der Waals surface area contributed by atoms with E-state index >= 15 is 0 Å². The van der Waals surface area contributed by atoms with Gasteiger partial charge in [0.25, 0.3) is 0 Å². The van der Waals surface area contributed by atoms with Crippen LogP contribution >= 0.6 is 0 Å². The number of esters is 1. The van der Waals surface area contributed by atoms with E-state index in [2.05, 4.69) is 0 Å². The second-order valence-corrected chi connectivity index (χ2v) is 7.48. The molecule has 3 rings (SSSR count). The number of ether oxygens (including phenoxy) is 1. The fraction of sp³-hybridized carbons (Fsp3) is 0.571. The number of halogens is 2. The van der Waals surface area contributed by atoms with Crippen LogP contribution in [-0.2, 0) is 25.7 Å². The molecule has 0 radical (unpaired) electrons. The van der Waals surface area contributed by atoms with Gasteiger partial charge in [0.05, 0.1) is 6.61 Å². The first-order valence-corrected chi connectivity index (χ1v) is 10.1. The third-order valence-electron chi connectivity index (χ3n) is 5.62. The highest BCUT2D eigenvalue weighted by molar-refractivity contribution is 5.86. The molecule has 0 aliphatic carbocycles. The quantitative estimate of drug-likeness (QED) is 0.679. The molecule has 2 aliphatic heterocycles. The Hall–Kier alpha value is -2.51. The molecule has 29 heavy (non-hydrogen) atoms. The van der Waals surface area contributed by atoms with Crippen LogP contribution in [0.5, 0.6) is 0 Å². The zero-order valence-electron chi connectivity index (χ0n) is 16.5. The van der Waals surface area contributed by atoms with Crippen molar-refractivity contribution >= 4 is 17.8 Å². The van der Waals surface area contributed by atoms with E-state index in [4.69, 9.17) is 4.74 Å². The van der Waals surface area contributed by atoms with Crippen LogP contribution in [0, 0.1) is 11.6 Å². The van der Waals surface area contributed by atoms with Gasteiger partial charge in [-0.3, -0.25) is 9.59 Å². The minimum atomic E-state index is -0.976. The van der Waals surface area contributed by atoms with Gasteiger partial charge in [-0.05, 0) is 38.7 Å². The predicted molar refractivity (Wildman–Crippen MR) is 101 cm³/mol. The van der Waals surface area contributed by atoms with Crippen LogP contribution in [0.4, 0.5) is 8.78 Å². The SMILES string of the molecule is CCOC(=O)C1CCCCN1C(=O)C[C@H]1CCC(=O)N1Cc1cccc(F)c1F. The molecule has 2 aliphatic rings. The molecule has 0 N–H and O–H groups in total. The second-order valence-electron chi connectivity index (χ2n) is 7.48. The maximum absolute atomic E-state index is 14.0. The Morgan fingerprint density at radius 3 is 2.76 bits per heavy atom. The lowest BCUT2D eigenvalue weighted by Crippen LogP contribution is -2.50. The van der Waals surface area contributed by atoms with E-state index in [9.17, 15) is 23.2 Å². The van der Waals surface area contributed by atoms with E-state index < -0.39 is 29.7 Å². The van der Waals surface area contributed by atoms with Gasteiger partial charge < -0.3 is 14.5 Å². The molecule has 1 aromatic carbocycles. The van der Waals surface area contributed by atoms with Crippen LogP contribution in [0.3, 0.4) is 0 Å². The summed E-state index contributed by atoms with van der Waals surface area (Å²) < 4.78 is 32.6. The molecule has 0 bridgehead atoms. The minimum absolute atomic E-state index is 0.0541. The molecule has 2 fully saturated rings. The molecular weight excluding hydrogens is 382 g/mol. The molecule has 0 aromatic heterocycles. The third-order valence-corrected chi connectivity index (χ3v) is 5.62. The fourth-order valence-corrected chi connectivity index (χ4v) is 4.11. The van der Waals surface area contributed by atoms with Crippen molar-refractivity contribution in [2.24, 2.45) is 0 Å². The van der Waals surface area contributed by atoms with Crippen molar-refractivity contribution in [3.8, 4) is 0 Å². The van der Waals surface area contributed by atoms with E-state index in [0.29, 0.717) is 19.4 Å². The van der Waals surface area contributed by atoms with Gasteiger partial charge in [-0.2, -0.15) is 0 Å². The van der Waals surface area contributed by atoms with Gasteiger partial charge in [-0.1, -0.05) is 12.1 Å². The first-order chi connectivity index (χ1) is 13.9. The number of likely N-dealkylation sites (tertiary alicyclic amines) is 2. The summed E-state index contributed by atoms with van der Waals surface area (Å²) >= 11 is 0. The van der Waals surface area contributed by atoms with E-state index in [1.165, 1.54) is 17.0 Å². The Balaban J connectivity index is 1.70. The van der Waals surface area contributed by atoms with Crippen molar-refractivity contribution in [3.05, 3.63) is 35.4 Å². The van der Waals surface area contributed by atoms with Crippen LogP contribution in [-0.4, -0.2) is 52.8 Å². The van der Waals surface area contributed by atoms with E-state index in [1.54, 1.807) is 11.8 Å².